The third-order valence-corrected chi connectivity index (χ3v) is 3.60. The van der Waals surface area contributed by atoms with Crippen LogP contribution >= 0.6 is 0 Å². The van der Waals surface area contributed by atoms with Crippen molar-refractivity contribution in [2.75, 3.05) is 21.3 Å². The molecule has 0 saturated carbocycles. The van der Waals surface area contributed by atoms with Crippen molar-refractivity contribution in [1.82, 2.24) is 0 Å². The van der Waals surface area contributed by atoms with Crippen LogP contribution in [0.4, 0.5) is 0 Å². The Morgan fingerprint density at radius 1 is 0.960 bits per heavy atom. The molecule has 2 aromatic carbocycles. The van der Waals surface area contributed by atoms with Gasteiger partial charge >= 0.3 is 5.97 Å². The predicted octanol–water partition coefficient (Wildman–Crippen LogP) is 3.78. The third kappa shape index (κ3) is 5.01. The highest BCUT2D eigenvalue weighted by molar-refractivity contribution is 5.87. The van der Waals surface area contributed by atoms with Gasteiger partial charge in [-0.1, -0.05) is 29.8 Å². The second kappa shape index (κ2) is 8.78. The number of carbonyl (C=O) groups excluding carboxylic acids is 1. The normalized spacial score (nSPS) is 10.6. The molecule has 0 aliphatic rings. The molecule has 0 fully saturated rings. The number of carbonyl (C=O) groups is 1. The Hall–Kier alpha value is -2.95. The van der Waals surface area contributed by atoms with Gasteiger partial charge in [0.15, 0.2) is 11.5 Å². The molecule has 0 atom stereocenters. The van der Waals surface area contributed by atoms with Gasteiger partial charge in [-0.2, -0.15) is 0 Å². The molecule has 5 heteroatoms. The first kappa shape index (κ1) is 18.4. The Kier molecular flexibility index (Phi) is 6.46. The maximum atomic E-state index is 11.9. The second-order valence-corrected chi connectivity index (χ2v) is 5.39. The topological polar surface area (TPSA) is 54.0 Å². The third-order valence-electron chi connectivity index (χ3n) is 3.60. The van der Waals surface area contributed by atoms with Crippen LogP contribution in [-0.4, -0.2) is 27.3 Å². The summed E-state index contributed by atoms with van der Waals surface area (Å²) in [5, 5.41) is 0. The molecule has 0 aliphatic carbocycles. The number of ether oxygens (including phenoxy) is 4. The molecule has 5 nitrogen and oxygen atoms in total. The van der Waals surface area contributed by atoms with Crippen molar-refractivity contribution in [3.63, 3.8) is 0 Å². The first-order chi connectivity index (χ1) is 12.1. The predicted molar refractivity (Wildman–Crippen MR) is 96.1 cm³/mol. The second-order valence-electron chi connectivity index (χ2n) is 5.39. The fraction of sp³-hybridized carbons (Fsp3) is 0.250. The van der Waals surface area contributed by atoms with E-state index in [9.17, 15) is 4.79 Å². The average molecular weight is 342 g/mol. The van der Waals surface area contributed by atoms with Crippen molar-refractivity contribution in [2.24, 2.45) is 0 Å². The Labute approximate surface area is 147 Å². The lowest BCUT2D eigenvalue weighted by Crippen LogP contribution is -2.00. The van der Waals surface area contributed by atoms with E-state index in [0.29, 0.717) is 17.2 Å². The van der Waals surface area contributed by atoms with Crippen molar-refractivity contribution in [1.29, 1.82) is 0 Å². The molecule has 0 aliphatic heterocycles. The first-order valence-electron chi connectivity index (χ1n) is 7.77. The summed E-state index contributed by atoms with van der Waals surface area (Å²) in [4.78, 5) is 11.9. The van der Waals surface area contributed by atoms with Gasteiger partial charge in [-0.05, 0) is 36.3 Å². The van der Waals surface area contributed by atoms with E-state index in [-0.39, 0.29) is 6.61 Å². The van der Waals surface area contributed by atoms with Crippen LogP contribution in [0.2, 0.25) is 0 Å². The molecule has 0 spiro atoms. The average Bonchev–Trinajstić information content (AvgIpc) is 2.64. The van der Waals surface area contributed by atoms with Crippen molar-refractivity contribution in [2.45, 2.75) is 13.5 Å². The van der Waals surface area contributed by atoms with Crippen LogP contribution in [0.15, 0.2) is 42.5 Å². The number of benzene rings is 2. The number of methoxy groups -OCH3 is 3. The van der Waals surface area contributed by atoms with Crippen LogP contribution in [0.1, 0.15) is 16.7 Å². The van der Waals surface area contributed by atoms with E-state index >= 15 is 0 Å². The summed E-state index contributed by atoms with van der Waals surface area (Å²) >= 11 is 0. The minimum Gasteiger partial charge on any atom is -0.493 e. The van der Waals surface area contributed by atoms with Crippen LogP contribution in [0.25, 0.3) is 6.08 Å². The summed E-state index contributed by atoms with van der Waals surface area (Å²) in [5.74, 6) is 1.13. The minimum absolute atomic E-state index is 0.235. The van der Waals surface area contributed by atoms with Gasteiger partial charge in [-0.15, -0.1) is 0 Å². The van der Waals surface area contributed by atoms with E-state index in [0.717, 1.165) is 16.7 Å². The summed E-state index contributed by atoms with van der Waals surface area (Å²) in [6.07, 6.45) is 3.01. The van der Waals surface area contributed by atoms with Crippen LogP contribution in [0, 0.1) is 6.92 Å². The van der Waals surface area contributed by atoms with Gasteiger partial charge in [-0.25, -0.2) is 4.79 Å². The summed E-state index contributed by atoms with van der Waals surface area (Å²) in [6.45, 7) is 2.24. The van der Waals surface area contributed by atoms with E-state index in [1.54, 1.807) is 39.5 Å². The smallest absolute Gasteiger partial charge is 0.331 e. The Morgan fingerprint density at radius 3 is 2.08 bits per heavy atom. The van der Waals surface area contributed by atoms with Gasteiger partial charge in [-0.3, -0.25) is 0 Å². The van der Waals surface area contributed by atoms with Crippen molar-refractivity contribution in [3.8, 4) is 17.2 Å². The molecule has 25 heavy (non-hydrogen) atoms. The van der Waals surface area contributed by atoms with E-state index in [1.165, 1.54) is 6.08 Å². The van der Waals surface area contributed by atoms with Crippen molar-refractivity contribution >= 4 is 12.0 Å². The number of hydrogen-bond acceptors (Lipinski definition) is 5. The zero-order chi connectivity index (χ0) is 18.2. The van der Waals surface area contributed by atoms with Gasteiger partial charge in [0.2, 0.25) is 5.75 Å². The van der Waals surface area contributed by atoms with E-state index < -0.39 is 5.97 Å². The van der Waals surface area contributed by atoms with Crippen LogP contribution < -0.4 is 14.2 Å². The van der Waals surface area contributed by atoms with Gasteiger partial charge < -0.3 is 18.9 Å². The van der Waals surface area contributed by atoms with Gasteiger partial charge in [0.25, 0.3) is 0 Å². The van der Waals surface area contributed by atoms with Crippen molar-refractivity contribution in [3.05, 3.63) is 59.2 Å². The standard InChI is InChI=1S/C20H22O5/c1-14-5-7-15(8-6-14)13-25-19(21)10-9-16-11-17(22-2)20(24-4)18(12-16)23-3/h5-12H,13H2,1-4H3/b10-9+. The quantitative estimate of drug-likeness (QED) is 0.566. The van der Waals surface area contributed by atoms with Gasteiger partial charge in [0, 0.05) is 6.08 Å². The number of aryl methyl sites for hydroxylation is 1. The summed E-state index contributed by atoms with van der Waals surface area (Å²) in [6, 6.07) is 11.3. The molecule has 0 aromatic heterocycles. The molecular weight excluding hydrogens is 320 g/mol. The molecule has 2 aromatic rings. The largest absolute Gasteiger partial charge is 0.493 e. The Morgan fingerprint density at radius 2 is 1.56 bits per heavy atom. The molecule has 0 unspecified atom stereocenters. The lowest BCUT2D eigenvalue weighted by Gasteiger charge is -2.12. The lowest BCUT2D eigenvalue weighted by atomic mass is 10.1. The van der Waals surface area contributed by atoms with Gasteiger partial charge in [0.1, 0.15) is 6.61 Å². The molecular formula is C20H22O5. The number of rotatable bonds is 7. The highest BCUT2D eigenvalue weighted by Crippen LogP contribution is 2.38. The maximum absolute atomic E-state index is 11.9. The number of esters is 1. The molecule has 2 rings (SSSR count). The molecule has 0 N–H and O–H groups in total. The summed E-state index contributed by atoms with van der Waals surface area (Å²) < 4.78 is 21.1. The highest BCUT2D eigenvalue weighted by atomic mass is 16.5. The van der Waals surface area contributed by atoms with E-state index in [4.69, 9.17) is 18.9 Å². The molecule has 0 saturated heterocycles. The lowest BCUT2D eigenvalue weighted by molar-refractivity contribution is -0.138. The molecule has 0 amide bonds. The number of hydrogen-bond donors (Lipinski definition) is 0. The molecule has 0 bridgehead atoms. The monoisotopic (exact) mass is 342 g/mol. The van der Waals surface area contributed by atoms with Crippen LogP contribution in [-0.2, 0) is 16.1 Å². The fourth-order valence-corrected chi connectivity index (χ4v) is 2.25. The fourth-order valence-electron chi connectivity index (χ4n) is 2.25. The maximum Gasteiger partial charge on any atom is 0.331 e. The zero-order valence-electron chi connectivity index (χ0n) is 14.9. The van der Waals surface area contributed by atoms with Crippen LogP contribution in [0.5, 0.6) is 17.2 Å². The Bertz CT molecular complexity index is 722. The molecule has 0 heterocycles. The van der Waals surface area contributed by atoms with E-state index in [2.05, 4.69) is 0 Å². The highest BCUT2D eigenvalue weighted by Gasteiger charge is 2.12. The first-order valence-corrected chi connectivity index (χ1v) is 7.77. The van der Waals surface area contributed by atoms with Crippen molar-refractivity contribution < 1.29 is 23.7 Å². The molecule has 0 radical (unpaired) electrons. The van der Waals surface area contributed by atoms with E-state index in [1.807, 2.05) is 31.2 Å². The minimum atomic E-state index is -0.422. The molecule has 132 valence electrons. The van der Waals surface area contributed by atoms with Crippen LogP contribution in [0.3, 0.4) is 0 Å². The van der Waals surface area contributed by atoms with Gasteiger partial charge in [0.05, 0.1) is 21.3 Å². The Balaban J connectivity index is 2.05. The zero-order valence-corrected chi connectivity index (χ0v) is 14.9. The summed E-state index contributed by atoms with van der Waals surface area (Å²) in [5.41, 5.74) is 2.85. The SMILES string of the molecule is COc1cc(/C=C/C(=O)OCc2ccc(C)cc2)cc(OC)c1OC. The summed E-state index contributed by atoms with van der Waals surface area (Å²) in [7, 11) is 4.62.